The van der Waals surface area contributed by atoms with Crippen molar-refractivity contribution in [3.63, 3.8) is 0 Å². The number of aromatic amines is 3. The van der Waals surface area contributed by atoms with Gasteiger partial charge in [0.15, 0.2) is 0 Å². The first-order chi connectivity index (χ1) is 42.7. The van der Waals surface area contributed by atoms with Crippen molar-refractivity contribution in [2.45, 2.75) is 122 Å². The molecule has 0 saturated carbocycles. The average molecular weight is 1190 g/mol. The second kappa shape index (κ2) is 30.3. The van der Waals surface area contributed by atoms with E-state index in [9.17, 15) is 28.8 Å². The van der Waals surface area contributed by atoms with Crippen LogP contribution >= 0.6 is 0 Å². The van der Waals surface area contributed by atoms with Crippen molar-refractivity contribution in [2.24, 2.45) is 17.2 Å². The molecular formula is C70H82N12O6. The fraction of sp³-hybridized carbons (Fsp3) is 0.314. The Kier molecular flexibility index (Phi) is 21.8. The van der Waals surface area contributed by atoms with Crippen LogP contribution in [0.15, 0.2) is 146 Å². The van der Waals surface area contributed by atoms with E-state index >= 15 is 0 Å². The fourth-order valence-corrected chi connectivity index (χ4v) is 11.6. The molecule has 0 unspecified atom stereocenters. The summed E-state index contributed by atoms with van der Waals surface area (Å²) in [4.78, 5) is 92.7. The lowest BCUT2D eigenvalue weighted by molar-refractivity contribution is -0.126. The lowest BCUT2D eigenvalue weighted by atomic mass is 9.85. The Balaban J connectivity index is 0.930. The van der Waals surface area contributed by atoms with Crippen LogP contribution in [0.1, 0.15) is 114 Å². The second-order valence-electron chi connectivity index (χ2n) is 22.9. The Hall–Kier alpha value is -9.36. The first kappa shape index (κ1) is 63.2. The molecule has 458 valence electrons. The highest BCUT2D eigenvalue weighted by Gasteiger charge is 2.26. The van der Waals surface area contributed by atoms with Crippen molar-refractivity contribution in [1.82, 2.24) is 30.9 Å². The van der Waals surface area contributed by atoms with E-state index in [1.807, 2.05) is 167 Å². The van der Waals surface area contributed by atoms with Gasteiger partial charge in [-0.25, -0.2) is 0 Å². The number of unbranched alkanes of at least 4 members (excludes halogenated alkanes) is 3. The molecule has 0 aliphatic rings. The number of hydrogen-bond donors (Lipinski definition) is 12. The molecule has 0 spiro atoms. The molecule has 9 rings (SSSR count). The number of rotatable bonds is 30. The average Bonchev–Trinajstić information content (AvgIpc) is 2.44. The summed E-state index contributed by atoms with van der Waals surface area (Å²) in [7, 11) is 0. The topological polar surface area (TPSA) is 300 Å². The Morgan fingerprint density at radius 2 is 0.648 bits per heavy atom. The quantitative estimate of drug-likeness (QED) is 0.0150. The summed E-state index contributed by atoms with van der Waals surface area (Å²) >= 11 is 0. The third kappa shape index (κ3) is 16.2. The maximum Gasteiger partial charge on any atom is 0.246 e. The molecule has 15 N–H and O–H groups in total. The number of nitrogens with one attached hydrogen (secondary N) is 9. The molecule has 3 atom stereocenters. The van der Waals surface area contributed by atoms with Gasteiger partial charge in [0.1, 0.15) is 18.1 Å². The maximum absolute atomic E-state index is 14.1. The fourth-order valence-electron chi connectivity index (χ4n) is 11.6. The Morgan fingerprint density at radius 1 is 0.375 bits per heavy atom. The summed E-state index contributed by atoms with van der Waals surface area (Å²) in [6.45, 7) is 7.41. The minimum absolute atomic E-state index is 0.0998. The van der Waals surface area contributed by atoms with E-state index in [2.05, 4.69) is 46.9 Å². The van der Waals surface area contributed by atoms with E-state index < -0.39 is 18.1 Å². The third-order valence-corrected chi connectivity index (χ3v) is 16.4. The first-order valence-corrected chi connectivity index (χ1v) is 30.6. The van der Waals surface area contributed by atoms with Crippen LogP contribution in [-0.4, -0.2) is 88.2 Å². The normalized spacial score (nSPS) is 12.4. The van der Waals surface area contributed by atoms with Crippen molar-refractivity contribution in [1.29, 1.82) is 0 Å². The highest BCUT2D eigenvalue weighted by Crippen LogP contribution is 2.35. The number of fused-ring (bicyclic) bond motifs is 3. The summed E-state index contributed by atoms with van der Waals surface area (Å²) in [6.07, 6.45) is 11.0. The number of carbonyl (C=O) groups is 6. The van der Waals surface area contributed by atoms with E-state index in [4.69, 9.17) is 17.2 Å². The monoisotopic (exact) mass is 1190 g/mol. The second-order valence-corrected chi connectivity index (χ2v) is 22.9. The SMILES string of the molecule is Cc1cccc2c(CC(=O)N[C@H](CCCCN)C(=O)Nc3ccc(C(c4ccc(NC(=O)[C@@H](CCCCN)NC(=O)Cc5c[nH]c6c(C)cccc56)cc4)c4ccc(NC(=O)[C@@H](CCCCN)NC(=O)Cc5c[nH]c6c(C)cccc56)cc4)cc3)c[nH]c12. The van der Waals surface area contributed by atoms with E-state index in [1.165, 1.54) is 0 Å². The first-order valence-electron chi connectivity index (χ1n) is 30.6. The van der Waals surface area contributed by atoms with Crippen LogP contribution in [0.5, 0.6) is 0 Å². The molecule has 3 aromatic heterocycles. The van der Waals surface area contributed by atoms with Crippen molar-refractivity contribution in [3.05, 3.63) is 196 Å². The Labute approximate surface area is 513 Å². The van der Waals surface area contributed by atoms with E-state index in [0.29, 0.717) is 94.5 Å². The van der Waals surface area contributed by atoms with Crippen molar-refractivity contribution in [3.8, 4) is 0 Å². The predicted molar refractivity (Wildman–Crippen MR) is 351 cm³/mol. The van der Waals surface area contributed by atoms with Gasteiger partial charge in [0, 0.05) is 74.3 Å². The third-order valence-electron chi connectivity index (χ3n) is 16.4. The molecule has 0 saturated heterocycles. The lowest BCUT2D eigenvalue weighted by Crippen LogP contribution is -2.44. The highest BCUT2D eigenvalue weighted by molar-refractivity contribution is 6.01. The summed E-state index contributed by atoms with van der Waals surface area (Å²) in [5.74, 6) is -2.25. The van der Waals surface area contributed by atoms with Gasteiger partial charge in [0.05, 0.1) is 19.3 Å². The number of aryl methyl sites for hydroxylation is 3. The zero-order valence-corrected chi connectivity index (χ0v) is 50.5. The number of aromatic nitrogens is 3. The predicted octanol–water partition coefficient (Wildman–Crippen LogP) is 9.62. The molecule has 18 nitrogen and oxygen atoms in total. The number of para-hydroxylation sites is 3. The molecule has 0 fully saturated rings. The summed E-state index contributed by atoms with van der Waals surface area (Å²) in [5, 5.41) is 21.0. The van der Waals surface area contributed by atoms with Crippen molar-refractivity contribution in [2.75, 3.05) is 35.6 Å². The molecule has 3 heterocycles. The number of amides is 6. The molecule has 9 aromatic rings. The molecule has 6 aromatic carbocycles. The van der Waals surface area contributed by atoms with Gasteiger partial charge >= 0.3 is 0 Å². The summed E-state index contributed by atoms with van der Waals surface area (Å²) in [6, 6.07) is 38.0. The van der Waals surface area contributed by atoms with Crippen LogP contribution in [0.3, 0.4) is 0 Å². The van der Waals surface area contributed by atoms with Crippen LogP contribution in [0, 0.1) is 20.8 Å². The maximum atomic E-state index is 14.1. The number of carbonyl (C=O) groups excluding carboxylic acids is 6. The Bertz CT molecular complexity index is 3470. The molecule has 0 radical (unpaired) electrons. The smallest absolute Gasteiger partial charge is 0.246 e. The van der Waals surface area contributed by atoms with Crippen LogP contribution in [0.2, 0.25) is 0 Å². The van der Waals surface area contributed by atoms with Gasteiger partial charge in [-0.05, 0) is 185 Å². The van der Waals surface area contributed by atoms with Gasteiger partial charge < -0.3 is 64.1 Å². The number of benzene rings is 6. The molecule has 0 aliphatic carbocycles. The van der Waals surface area contributed by atoms with Crippen LogP contribution in [-0.2, 0) is 48.0 Å². The minimum atomic E-state index is -0.809. The zero-order valence-electron chi connectivity index (χ0n) is 50.5. The van der Waals surface area contributed by atoms with Gasteiger partial charge in [-0.1, -0.05) is 91.0 Å². The number of nitrogens with two attached hydrogens (primary N) is 3. The van der Waals surface area contributed by atoms with Gasteiger partial charge in [0.25, 0.3) is 0 Å². The number of anilines is 3. The van der Waals surface area contributed by atoms with Crippen molar-refractivity contribution < 1.29 is 28.8 Å². The van der Waals surface area contributed by atoms with Crippen LogP contribution in [0.25, 0.3) is 32.7 Å². The molecule has 0 aliphatic heterocycles. The van der Waals surface area contributed by atoms with Gasteiger partial charge in [-0.15, -0.1) is 0 Å². The summed E-state index contributed by atoms with van der Waals surface area (Å²) in [5.41, 5.74) is 30.4. The molecule has 6 amide bonds. The molecular weight excluding hydrogens is 1100 g/mol. The minimum Gasteiger partial charge on any atom is -0.361 e. The number of H-pyrrole nitrogens is 3. The molecule has 0 bridgehead atoms. The van der Waals surface area contributed by atoms with E-state index in [0.717, 1.165) is 82.8 Å². The number of hydrogen-bond acceptors (Lipinski definition) is 9. The Morgan fingerprint density at radius 3 is 0.909 bits per heavy atom. The van der Waals surface area contributed by atoms with Crippen LogP contribution < -0.4 is 49.1 Å². The zero-order chi connectivity index (χ0) is 62.1. The van der Waals surface area contributed by atoms with E-state index in [1.54, 1.807) is 0 Å². The van der Waals surface area contributed by atoms with Crippen molar-refractivity contribution >= 4 is 85.2 Å². The van der Waals surface area contributed by atoms with E-state index in [-0.39, 0.29) is 60.6 Å². The highest BCUT2D eigenvalue weighted by atomic mass is 16.2. The van der Waals surface area contributed by atoms with Gasteiger partial charge in [-0.2, -0.15) is 0 Å². The summed E-state index contributed by atoms with van der Waals surface area (Å²) < 4.78 is 0. The molecule has 88 heavy (non-hydrogen) atoms. The lowest BCUT2D eigenvalue weighted by Gasteiger charge is -2.22. The van der Waals surface area contributed by atoms with Gasteiger partial charge in [-0.3, -0.25) is 28.8 Å². The standard InChI is InChI=1S/C70H82N12O6/c1-43-13-10-16-55-49(40-74-65(43)55)37-61(83)80-58(19-4-7-34-71)68(86)77-52-28-22-46(23-29-52)64(47-24-30-53(31-25-47)78-69(87)59(20-5-8-35-72)81-62(84)38-50-41-75-66-44(2)14-11-17-56(50)66)48-26-32-54(33-27-48)79-70(88)60(21-6-9-36-73)82-63(85)39-51-42-76-67-45(3)15-12-18-57(51)67/h10-18,22-33,40-42,58-60,64,74-76H,4-9,19-21,34-39,71-73H2,1-3H3,(H,77,86)(H,78,87)(H,79,88)(H,80,83)(H,81,84)(H,82,85)/t58-,59-,60-/m1/s1. The largest absolute Gasteiger partial charge is 0.361 e. The van der Waals surface area contributed by atoms with Gasteiger partial charge in [0.2, 0.25) is 35.4 Å². The van der Waals surface area contributed by atoms with Crippen LogP contribution in [0.4, 0.5) is 17.1 Å². The molecule has 18 heteroatoms.